The first-order valence-electron chi connectivity index (χ1n) is 10.3. The summed E-state index contributed by atoms with van der Waals surface area (Å²) in [5.41, 5.74) is 0.242. The van der Waals surface area contributed by atoms with Gasteiger partial charge in [-0.15, -0.1) is 0 Å². The van der Waals surface area contributed by atoms with Crippen LogP contribution in [-0.4, -0.2) is 56.3 Å². The second-order valence-electron chi connectivity index (χ2n) is 8.62. The third kappa shape index (κ3) is 3.95. The highest BCUT2D eigenvalue weighted by Gasteiger charge is 2.54. The summed E-state index contributed by atoms with van der Waals surface area (Å²) in [6.07, 6.45) is 3.87. The summed E-state index contributed by atoms with van der Waals surface area (Å²) in [4.78, 5) is 12.5. The molecule has 2 bridgehead atoms. The Balaban J connectivity index is 1.62. The van der Waals surface area contributed by atoms with Crippen molar-refractivity contribution in [2.75, 3.05) is 6.61 Å². The highest BCUT2D eigenvalue weighted by molar-refractivity contribution is 5.92. The Labute approximate surface area is 170 Å². The lowest BCUT2D eigenvalue weighted by Crippen LogP contribution is -2.58. The molecular formula is C22H29N3O4. The average Bonchev–Trinajstić information content (AvgIpc) is 3.24. The Morgan fingerprint density at radius 1 is 1.31 bits per heavy atom. The standard InChI is InChI=1S/C22H29N3O4/c1-21-13-16(15-5-3-2-4-6-15)14-22(29-21,10-12-26)9-7-17(19(21)27)24-20(28)18-8-11-23-25-18/h2-6,8,11,16-17,19,26-27H,7,9-10,12-14H2,1H3,(H,23,25)(H,24,28)/t16-,17-,19+,21+,22-/m1/s1. The van der Waals surface area contributed by atoms with Gasteiger partial charge in [-0.1, -0.05) is 30.3 Å². The van der Waals surface area contributed by atoms with Crippen LogP contribution in [0, 0.1) is 0 Å². The quantitative estimate of drug-likeness (QED) is 0.616. The molecule has 2 fully saturated rings. The van der Waals surface area contributed by atoms with Crippen molar-refractivity contribution in [1.29, 1.82) is 0 Å². The van der Waals surface area contributed by atoms with Crippen molar-refractivity contribution in [2.24, 2.45) is 0 Å². The Morgan fingerprint density at radius 2 is 2.10 bits per heavy atom. The highest BCUT2D eigenvalue weighted by Crippen LogP contribution is 2.51. The van der Waals surface area contributed by atoms with Gasteiger partial charge >= 0.3 is 0 Å². The molecule has 0 spiro atoms. The minimum Gasteiger partial charge on any atom is -0.396 e. The van der Waals surface area contributed by atoms with Crippen LogP contribution in [0.25, 0.3) is 0 Å². The minimum atomic E-state index is -0.860. The van der Waals surface area contributed by atoms with E-state index in [1.54, 1.807) is 6.07 Å². The van der Waals surface area contributed by atoms with Gasteiger partial charge in [0.2, 0.25) is 0 Å². The van der Waals surface area contributed by atoms with E-state index in [2.05, 4.69) is 27.6 Å². The van der Waals surface area contributed by atoms with Crippen LogP contribution in [-0.2, 0) is 4.74 Å². The minimum absolute atomic E-state index is 0.0266. The second-order valence-corrected chi connectivity index (χ2v) is 8.62. The highest BCUT2D eigenvalue weighted by atomic mass is 16.5. The molecule has 0 saturated carbocycles. The molecule has 0 radical (unpaired) electrons. The van der Waals surface area contributed by atoms with Gasteiger partial charge in [0.05, 0.1) is 17.2 Å². The zero-order valence-electron chi connectivity index (χ0n) is 16.7. The Kier molecular flexibility index (Phi) is 5.46. The number of carbonyl (C=O) groups is 1. The van der Waals surface area contributed by atoms with E-state index in [0.717, 1.165) is 6.42 Å². The van der Waals surface area contributed by atoms with E-state index >= 15 is 0 Å². The summed E-state index contributed by atoms with van der Waals surface area (Å²) in [6, 6.07) is 11.4. The fraction of sp³-hybridized carbons (Fsp3) is 0.545. The number of fused-ring (bicyclic) bond motifs is 2. The molecule has 29 heavy (non-hydrogen) atoms. The summed E-state index contributed by atoms with van der Waals surface area (Å²) in [6.45, 7) is 1.96. The molecule has 2 aliphatic heterocycles. The first-order chi connectivity index (χ1) is 13.9. The van der Waals surface area contributed by atoms with Crippen LogP contribution in [0.4, 0.5) is 0 Å². The van der Waals surface area contributed by atoms with Gasteiger partial charge in [0.25, 0.3) is 5.91 Å². The maximum atomic E-state index is 12.5. The Morgan fingerprint density at radius 3 is 2.79 bits per heavy atom. The summed E-state index contributed by atoms with van der Waals surface area (Å²) < 4.78 is 6.55. The SMILES string of the molecule is C[C@]12C[C@@H](c3ccccc3)C[C@](CCO)(CC[C@@H](NC(=O)c3ccn[nH]3)[C@@H]1O)O2. The van der Waals surface area contributed by atoms with E-state index in [4.69, 9.17) is 4.74 Å². The third-order valence-corrected chi connectivity index (χ3v) is 6.54. The van der Waals surface area contributed by atoms with Crippen molar-refractivity contribution in [3.8, 4) is 0 Å². The van der Waals surface area contributed by atoms with E-state index in [1.807, 2.05) is 25.1 Å². The van der Waals surface area contributed by atoms with E-state index in [9.17, 15) is 15.0 Å². The number of hydrogen-bond donors (Lipinski definition) is 4. The Bertz CT molecular complexity index is 828. The lowest BCUT2D eigenvalue weighted by molar-refractivity contribution is -0.223. The van der Waals surface area contributed by atoms with Crippen molar-refractivity contribution in [1.82, 2.24) is 15.5 Å². The van der Waals surface area contributed by atoms with Gasteiger partial charge < -0.3 is 20.3 Å². The molecule has 2 aromatic rings. The fourth-order valence-corrected chi connectivity index (χ4v) is 5.15. The van der Waals surface area contributed by atoms with Crippen LogP contribution in [0.3, 0.4) is 0 Å². The molecule has 156 valence electrons. The van der Waals surface area contributed by atoms with E-state index in [1.165, 1.54) is 11.8 Å². The summed E-state index contributed by atoms with van der Waals surface area (Å²) in [7, 11) is 0. The zero-order valence-corrected chi connectivity index (χ0v) is 16.7. The number of nitrogens with zero attached hydrogens (tertiary/aromatic N) is 1. The molecule has 2 saturated heterocycles. The van der Waals surface area contributed by atoms with Crippen LogP contribution in [0.2, 0.25) is 0 Å². The predicted molar refractivity (Wildman–Crippen MR) is 107 cm³/mol. The summed E-state index contributed by atoms with van der Waals surface area (Å²) in [5, 5.41) is 30.5. The maximum absolute atomic E-state index is 12.5. The normalized spacial score (nSPS) is 34.4. The molecule has 5 atom stereocenters. The first kappa shape index (κ1) is 20.1. The smallest absolute Gasteiger partial charge is 0.269 e. The van der Waals surface area contributed by atoms with E-state index < -0.39 is 23.3 Å². The van der Waals surface area contributed by atoms with Gasteiger partial charge in [-0.3, -0.25) is 9.89 Å². The number of amides is 1. The molecule has 4 rings (SSSR count). The molecule has 0 aliphatic carbocycles. The number of aliphatic hydroxyl groups is 2. The number of H-pyrrole nitrogens is 1. The Hall–Kier alpha value is -2.22. The van der Waals surface area contributed by atoms with Crippen LogP contribution >= 0.6 is 0 Å². The van der Waals surface area contributed by atoms with Crippen molar-refractivity contribution < 1.29 is 19.7 Å². The molecule has 3 heterocycles. The van der Waals surface area contributed by atoms with Crippen molar-refractivity contribution in [3.05, 3.63) is 53.9 Å². The first-order valence-corrected chi connectivity index (χ1v) is 10.3. The van der Waals surface area contributed by atoms with E-state index in [-0.39, 0.29) is 18.4 Å². The number of hydrogen-bond acceptors (Lipinski definition) is 5. The molecule has 7 nitrogen and oxygen atoms in total. The van der Waals surface area contributed by atoms with Gasteiger partial charge in [0.15, 0.2) is 0 Å². The van der Waals surface area contributed by atoms with Gasteiger partial charge in [-0.05, 0) is 56.6 Å². The predicted octanol–water partition coefficient (Wildman–Crippen LogP) is 2.14. The third-order valence-electron chi connectivity index (χ3n) is 6.54. The molecular weight excluding hydrogens is 370 g/mol. The number of rotatable bonds is 5. The number of benzene rings is 1. The fourth-order valence-electron chi connectivity index (χ4n) is 5.15. The number of carbonyl (C=O) groups excluding carboxylic acids is 1. The molecule has 1 aromatic carbocycles. The second kappa shape index (κ2) is 7.89. The lowest BCUT2D eigenvalue weighted by Gasteiger charge is -2.50. The average molecular weight is 399 g/mol. The zero-order chi connectivity index (χ0) is 20.5. The monoisotopic (exact) mass is 399 g/mol. The van der Waals surface area contributed by atoms with Crippen LogP contribution < -0.4 is 5.32 Å². The van der Waals surface area contributed by atoms with Crippen molar-refractivity contribution >= 4 is 5.91 Å². The van der Waals surface area contributed by atoms with E-state index in [0.29, 0.717) is 31.4 Å². The molecule has 1 aromatic heterocycles. The number of aromatic amines is 1. The number of nitrogens with one attached hydrogen (secondary N) is 2. The molecule has 2 aliphatic rings. The maximum Gasteiger partial charge on any atom is 0.269 e. The van der Waals surface area contributed by atoms with Gasteiger partial charge in [0, 0.05) is 12.8 Å². The molecule has 1 amide bonds. The number of aromatic nitrogens is 2. The van der Waals surface area contributed by atoms with Crippen molar-refractivity contribution in [2.45, 2.75) is 68.3 Å². The van der Waals surface area contributed by atoms with Gasteiger partial charge in [-0.25, -0.2) is 0 Å². The lowest BCUT2D eigenvalue weighted by atomic mass is 9.73. The summed E-state index contributed by atoms with van der Waals surface area (Å²) in [5.74, 6) is -0.0689. The number of ether oxygens (including phenoxy) is 1. The van der Waals surface area contributed by atoms with Crippen LogP contribution in [0.5, 0.6) is 0 Å². The van der Waals surface area contributed by atoms with Crippen molar-refractivity contribution in [3.63, 3.8) is 0 Å². The molecule has 7 heteroatoms. The molecule has 0 unspecified atom stereocenters. The molecule has 4 N–H and O–H groups in total. The topological polar surface area (TPSA) is 107 Å². The van der Waals surface area contributed by atoms with Gasteiger partial charge in [-0.2, -0.15) is 5.10 Å². The summed E-state index contributed by atoms with van der Waals surface area (Å²) >= 11 is 0. The van der Waals surface area contributed by atoms with Crippen LogP contribution in [0.1, 0.15) is 61.0 Å². The largest absolute Gasteiger partial charge is 0.396 e. The van der Waals surface area contributed by atoms with Crippen LogP contribution in [0.15, 0.2) is 42.6 Å². The van der Waals surface area contributed by atoms with Gasteiger partial charge in [0.1, 0.15) is 11.8 Å². The number of aliphatic hydroxyl groups excluding tert-OH is 2.